The van der Waals surface area contributed by atoms with Crippen molar-refractivity contribution < 1.29 is 9.18 Å². The van der Waals surface area contributed by atoms with Crippen LogP contribution in [0.1, 0.15) is 12.0 Å². The molecule has 1 N–H and O–H groups in total. The van der Waals surface area contributed by atoms with E-state index in [0.717, 1.165) is 27.7 Å². The first-order chi connectivity index (χ1) is 15.7. The van der Waals surface area contributed by atoms with Crippen molar-refractivity contribution in [3.8, 4) is 11.3 Å². The van der Waals surface area contributed by atoms with Gasteiger partial charge in [0, 0.05) is 61.6 Å². The molecule has 4 aromatic rings. The molecule has 1 aliphatic heterocycles. The van der Waals surface area contributed by atoms with Crippen LogP contribution in [0, 0.1) is 5.82 Å². The molecular weight excluding hydrogens is 405 g/mol. The van der Waals surface area contributed by atoms with Crippen LogP contribution < -0.4 is 4.90 Å². The lowest BCUT2D eigenvalue weighted by molar-refractivity contribution is -0.131. The zero-order valence-electron chi connectivity index (χ0n) is 17.7. The number of aromatic nitrogens is 3. The number of anilines is 1. The highest BCUT2D eigenvalue weighted by atomic mass is 19.1. The third-order valence-electron chi connectivity index (χ3n) is 5.99. The van der Waals surface area contributed by atoms with E-state index in [9.17, 15) is 9.18 Å². The highest BCUT2D eigenvalue weighted by molar-refractivity contribution is 5.91. The molecule has 0 atom stereocenters. The Bertz CT molecular complexity index is 1220. The van der Waals surface area contributed by atoms with Gasteiger partial charge in [-0.3, -0.25) is 4.79 Å². The number of halogens is 1. The number of nitrogens with zero attached hydrogens (tertiary/aromatic N) is 4. The molecule has 0 radical (unpaired) electrons. The Morgan fingerprint density at radius 2 is 1.72 bits per heavy atom. The van der Waals surface area contributed by atoms with Gasteiger partial charge in [-0.1, -0.05) is 30.3 Å². The first kappa shape index (κ1) is 20.2. The van der Waals surface area contributed by atoms with Crippen molar-refractivity contribution in [2.75, 3.05) is 31.1 Å². The summed E-state index contributed by atoms with van der Waals surface area (Å²) in [5.74, 6) is 0.541. The maximum absolute atomic E-state index is 14.0. The molecule has 162 valence electrons. The molecule has 0 unspecified atom stereocenters. The van der Waals surface area contributed by atoms with E-state index in [-0.39, 0.29) is 11.7 Å². The smallest absolute Gasteiger partial charge is 0.225 e. The monoisotopic (exact) mass is 429 g/mol. The third-order valence-corrected chi connectivity index (χ3v) is 5.99. The summed E-state index contributed by atoms with van der Waals surface area (Å²) in [4.78, 5) is 29.0. The van der Waals surface area contributed by atoms with Gasteiger partial charge >= 0.3 is 0 Å². The Morgan fingerprint density at radius 1 is 0.969 bits per heavy atom. The fraction of sp³-hybridized carbons (Fsp3) is 0.240. The second-order valence-electron chi connectivity index (χ2n) is 7.95. The summed E-state index contributed by atoms with van der Waals surface area (Å²) in [6.45, 7) is 2.71. The largest absolute Gasteiger partial charge is 0.354 e. The quantitative estimate of drug-likeness (QED) is 0.520. The van der Waals surface area contributed by atoms with Gasteiger partial charge < -0.3 is 14.8 Å². The molecular formula is C25H24FN5O. The molecule has 6 nitrogen and oxygen atoms in total. The summed E-state index contributed by atoms with van der Waals surface area (Å²) in [6.07, 6.45) is 4.39. The molecule has 0 bridgehead atoms. The predicted octanol–water partition coefficient (Wildman–Crippen LogP) is 4.05. The summed E-state index contributed by atoms with van der Waals surface area (Å²) >= 11 is 0. The average molecular weight is 429 g/mol. The molecule has 2 aromatic carbocycles. The first-order valence-electron chi connectivity index (χ1n) is 10.8. The van der Waals surface area contributed by atoms with Gasteiger partial charge in [0.2, 0.25) is 11.9 Å². The van der Waals surface area contributed by atoms with Gasteiger partial charge in [-0.15, -0.1) is 0 Å². The lowest BCUT2D eigenvalue weighted by Crippen LogP contribution is -2.49. The Labute approximate surface area is 185 Å². The van der Waals surface area contributed by atoms with Crippen LogP contribution in [-0.4, -0.2) is 51.9 Å². The van der Waals surface area contributed by atoms with Gasteiger partial charge in [0.15, 0.2) is 0 Å². The number of carbonyl (C=O) groups is 1. The van der Waals surface area contributed by atoms with Gasteiger partial charge in [-0.2, -0.15) is 0 Å². The zero-order chi connectivity index (χ0) is 21.9. The van der Waals surface area contributed by atoms with Gasteiger partial charge in [-0.05, 0) is 41.8 Å². The number of fused-ring (bicyclic) bond motifs is 1. The number of amides is 1. The van der Waals surface area contributed by atoms with Crippen molar-refractivity contribution in [2.45, 2.75) is 12.8 Å². The van der Waals surface area contributed by atoms with Crippen molar-refractivity contribution in [3.05, 3.63) is 78.4 Å². The van der Waals surface area contributed by atoms with Crippen LogP contribution in [-0.2, 0) is 11.2 Å². The van der Waals surface area contributed by atoms with Crippen LogP contribution >= 0.6 is 0 Å². The van der Waals surface area contributed by atoms with Crippen LogP contribution in [0.15, 0.2) is 67.0 Å². The summed E-state index contributed by atoms with van der Waals surface area (Å²) in [5, 5.41) is 0.836. The number of piperazine rings is 1. The van der Waals surface area contributed by atoms with Crippen molar-refractivity contribution >= 4 is 22.8 Å². The van der Waals surface area contributed by atoms with Gasteiger partial charge in [0.1, 0.15) is 5.82 Å². The molecule has 1 amide bonds. The zero-order valence-corrected chi connectivity index (χ0v) is 17.7. The Hall–Kier alpha value is -3.74. The normalized spacial score (nSPS) is 14.2. The number of aromatic amines is 1. The van der Waals surface area contributed by atoms with Crippen molar-refractivity contribution in [2.24, 2.45) is 0 Å². The molecule has 2 aromatic heterocycles. The van der Waals surface area contributed by atoms with Crippen molar-refractivity contribution in [3.63, 3.8) is 0 Å². The topological polar surface area (TPSA) is 65.1 Å². The van der Waals surface area contributed by atoms with E-state index in [1.807, 2.05) is 35.2 Å². The summed E-state index contributed by atoms with van der Waals surface area (Å²) < 4.78 is 14.0. The predicted molar refractivity (Wildman–Crippen MR) is 123 cm³/mol. The lowest BCUT2D eigenvalue weighted by atomic mass is 10.0. The molecule has 0 saturated carbocycles. The lowest BCUT2D eigenvalue weighted by Gasteiger charge is -2.34. The minimum atomic E-state index is -0.275. The van der Waals surface area contributed by atoms with Crippen LogP contribution in [0.4, 0.5) is 10.3 Å². The highest BCUT2D eigenvalue weighted by Crippen LogP contribution is 2.32. The summed E-state index contributed by atoms with van der Waals surface area (Å²) in [5.41, 5.74) is 3.84. The van der Waals surface area contributed by atoms with E-state index in [4.69, 9.17) is 0 Å². The number of aryl methyl sites for hydroxylation is 1. The molecule has 7 heteroatoms. The number of hydrogen-bond acceptors (Lipinski definition) is 4. The van der Waals surface area contributed by atoms with Gasteiger partial charge in [-0.25, -0.2) is 14.4 Å². The number of carbonyl (C=O) groups excluding carboxylic acids is 1. The van der Waals surface area contributed by atoms with E-state index in [1.165, 1.54) is 6.07 Å². The maximum atomic E-state index is 14.0. The Balaban J connectivity index is 1.31. The Morgan fingerprint density at radius 3 is 2.47 bits per heavy atom. The van der Waals surface area contributed by atoms with Crippen molar-refractivity contribution in [1.29, 1.82) is 0 Å². The second kappa shape index (κ2) is 8.78. The number of hydrogen-bond donors (Lipinski definition) is 1. The van der Waals surface area contributed by atoms with Gasteiger partial charge in [0.25, 0.3) is 0 Å². The fourth-order valence-electron chi connectivity index (χ4n) is 4.33. The standard InChI is InChI=1S/C25H24FN5O/c26-19-7-9-22-21(17-19)20(24(29-22)18-5-2-1-3-6-18)8-10-23(32)30-13-15-31(16-14-30)25-27-11-4-12-28-25/h1-7,9,11-12,17,29H,8,10,13-16H2. The van der Waals surface area contributed by atoms with E-state index >= 15 is 0 Å². The Kier molecular flexibility index (Phi) is 5.54. The summed E-state index contributed by atoms with van der Waals surface area (Å²) in [7, 11) is 0. The van der Waals surface area contributed by atoms with Crippen LogP contribution in [0.25, 0.3) is 22.2 Å². The van der Waals surface area contributed by atoms with E-state index in [2.05, 4.69) is 19.9 Å². The molecule has 32 heavy (non-hydrogen) atoms. The number of nitrogens with one attached hydrogen (secondary N) is 1. The summed E-state index contributed by atoms with van der Waals surface area (Å²) in [6, 6.07) is 16.5. The highest BCUT2D eigenvalue weighted by Gasteiger charge is 2.23. The molecule has 1 fully saturated rings. The molecule has 1 aliphatic rings. The number of rotatable bonds is 5. The minimum Gasteiger partial charge on any atom is -0.354 e. The molecule has 3 heterocycles. The van der Waals surface area contributed by atoms with Crippen LogP contribution in [0.2, 0.25) is 0 Å². The second-order valence-corrected chi connectivity index (χ2v) is 7.95. The minimum absolute atomic E-state index is 0.114. The van der Waals surface area contributed by atoms with E-state index in [1.54, 1.807) is 30.6 Å². The molecule has 0 spiro atoms. The van der Waals surface area contributed by atoms with E-state index < -0.39 is 0 Å². The number of benzene rings is 2. The molecule has 5 rings (SSSR count). The van der Waals surface area contributed by atoms with E-state index in [0.29, 0.717) is 45.0 Å². The number of H-pyrrole nitrogens is 1. The molecule has 0 aliphatic carbocycles. The van der Waals surface area contributed by atoms with Gasteiger partial charge in [0.05, 0.1) is 0 Å². The van der Waals surface area contributed by atoms with Crippen molar-refractivity contribution in [1.82, 2.24) is 19.9 Å². The average Bonchev–Trinajstić information content (AvgIpc) is 3.21. The molecule has 1 saturated heterocycles. The first-order valence-corrected chi connectivity index (χ1v) is 10.8. The SMILES string of the molecule is O=C(CCc1c(-c2ccccc2)[nH]c2ccc(F)cc12)N1CCN(c2ncccn2)CC1. The van der Waals surface area contributed by atoms with Crippen LogP contribution in [0.5, 0.6) is 0 Å². The fourth-order valence-corrected chi connectivity index (χ4v) is 4.33. The van der Waals surface area contributed by atoms with Crippen LogP contribution in [0.3, 0.4) is 0 Å². The maximum Gasteiger partial charge on any atom is 0.225 e. The third kappa shape index (κ3) is 4.06.